The first kappa shape index (κ1) is 34.0. The van der Waals surface area contributed by atoms with Gasteiger partial charge in [-0.1, -0.05) is 32.9 Å². The molecule has 0 aromatic heterocycles. The zero-order valence-corrected chi connectivity index (χ0v) is 27.0. The molecule has 42 heavy (non-hydrogen) atoms. The fourth-order valence-electron chi connectivity index (χ4n) is 4.80. The molecule has 0 spiro atoms. The maximum absolute atomic E-state index is 16.5. The Hall–Kier alpha value is -2.50. The predicted molar refractivity (Wildman–Crippen MR) is 154 cm³/mol. The molecule has 1 unspecified atom stereocenters. The Morgan fingerprint density at radius 1 is 0.976 bits per heavy atom. The van der Waals surface area contributed by atoms with Crippen LogP contribution in [0.2, 0.25) is 18.1 Å². The van der Waals surface area contributed by atoms with Crippen molar-refractivity contribution in [2.45, 2.75) is 103 Å². The molecule has 1 saturated heterocycles. The minimum Gasteiger partial charge on any atom is -0.444 e. The second-order valence-corrected chi connectivity index (χ2v) is 18.8. The van der Waals surface area contributed by atoms with Gasteiger partial charge in [-0.15, -0.1) is 0 Å². The van der Waals surface area contributed by atoms with Crippen LogP contribution in [0.4, 0.5) is 26.7 Å². The molecule has 0 radical (unpaired) electrons. The molecule has 1 aliphatic heterocycles. The standard InChI is InChI=1S/C31H42F5NO4Si/c1-27(2,3)40-26(38)37-17-30(16-31(35,36)18-39-30)22-15-21(29(7,8)41-42(9,10)28(4,5)6)24(33)23(25(22)34)19-11-13-20(32)14-12-19/h11-15H,16-18H2,1-10H3,(H,37,38). The first-order valence-corrected chi connectivity index (χ1v) is 16.8. The highest BCUT2D eigenvalue weighted by Gasteiger charge is 2.54. The molecule has 2 aromatic rings. The van der Waals surface area contributed by atoms with Crippen LogP contribution in [0.5, 0.6) is 0 Å². The van der Waals surface area contributed by atoms with E-state index in [4.69, 9.17) is 13.9 Å². The third-order valence-corrected chi connectivity index (χ3v) is 12.4. The number of nitrogens with one attached hydrogen (secondary N) is 1. The van der Waals surface area contributed by atoms with Gasteiger partial charge in [0.05, 0.1) is 17.7 Å². The zero-order valence-electron chi connectivity index (χ0n) is 26.0. The van der Waals surface area contributed by atoms with Crippen LogP contribution in [-0.4, -0.2) is 39.1 Å². The van der Waals surface area contributed by atoms with Crippen molar-refractivity contribution in [3.05, 3.63) is 58.9 Å². The summed E-state index contributed by atoms with van der Waals surface area (Å²) in [5, 5.41) is 2.16. The lowest BCUT2D eigenvalue weighted by Gasteiger charge is -2.43. The molecular formula is C31H42F5NO4Si. The Labute approximate surface area is 246 Å². The van der Waals surface area contributed by atoms with Gasteiger partial charge in [-0.25, -0.2) is 26.7 Å². The molecule has 3 rings (SSSR count). The third-order valence-electron chi connectivity index (χ3n) is 7.81. The summed E-state index contributed by atoms with van der Waals surface area (Å²) < 4.78 is 93.7. The smallest absolute Gasteiger partial charge is 0.407 e. The number of halogens is 5. The van der Waals surface area contributed by atoms with Crippen molar-refractivity contribution in [1.29, 1.82) is 0 Å². The maximum atomic E-state index is 16.5. The number of carbonyl (C=O) groups excluding carboxylic acids is 1. The number of rotatable bonds is 7. The topological polar surface area (TPSA) is 56.8 Å². The van der Waals surface area contributed by atoms with Crippen LogP contribution in [0.25, 0.3) is 11.1 Å². The minimum absolute atomic E-state index is 0.00219. The maximum Gasteiger partial charge on any atom is 0.407 e. The van der Waals surface area contributed by atoms with Gasteiger partial charge >= 0.3 is 6.09 Å². The lowest BCUT2D eigenvalue weighted by molar-refractivity contribution is -0.0277. The van der Waals surface area contributed by atoms with Gasteiger partial charge in [-0.2, -0.15) is 0 Å². The van der Waals surface area contributed by atoms with Crippen molar-refractivity contribution in [3.8, 4) is 11.1 Å². The second kappa shape index (κ2) is 11.2. The van der Waals surface area contributed by atoms with Crippen molar-refractivity contribution in [1.82, 2.24) is 5.32 Å². The molecule has 1 atom stereocenters. The molecule has 1 N–H and O–H groups in total. The first-order valence-electron chi connectivity index (χ1n) is 13.9. The van der Waals surface area contributed by atoms with Crippen molar-refractivity contribution in [2.75, 3.05) is 13.2 Å². The van der Waals surface area contributed by atoms with Crippen molar-refractivity contribution in [2.24, 2.45) is 0 Å². The van der Waals surface area contributed by atoms with E-state index in [-0.39, 0.29) is 21.7 Å². The number of ether oxygens (including phenoxy) is 2. The molecule has 234 valence electrons. The Morgan fingerprint density at radius 2 is 1.55 bits per heavy atom. The third kappa shape index (κ3) is 7.34. The number of hydrogen-bond donors (Lipinski definition) is 1. The molecule has 5 nitrogen and oxygen atoms in total. The van der Waals surface area contributed by atoms with E-state index in [1.165, 1.54) is 12.1 Å². The summed E-state index contributed by atoms with van der Waals surface area (Å²) in [5.74, 6) is -6.10. The average molecular weight is 616 g/mol. The minimum atomic E-state index is -3.36. The van der Waals surface area contributed by atoms with E-state index >= 15 is 8.78 Å². The number of alkyl halides is 2. The van der Waals surface area contributed by atoms with Gasteiger partial charge in [0, 0.05) is 17.5 Å². The quantitative estimate of drug-likeness (QED) is 0.250. The lowest BCUT2D eigenvalue weighted by Crippen LogP contribution is -2.47. The van der Waals surface area contributed by atoms with Gasteiger partial charge in [0.1, 0.15) is 35.3 Å². The summed E-state index contributed by atoms with van der Waals surface area (Å²) in [6.07, 6.45) is -1.90. The van der Waals surface area contributed by atoms with Crippen LogP contribution in [0.1, 0.15) is 72.9 Å². The summed E-state index contributed by atoms with van der Waals surface area (Å²) >= 11 is 0. The van der Waals surface area contributed by atoms with Crippen molar-refractivity contribution >= 4 is 14.4 Å². The van der Waals surface area contributed by atoms with Crippen LogP contribution in [0, 0.1) is 17.5 Å². The molecule has 0 saturated carbocycles. The van der Waals surface area contributed by atoms with Gasteiger partial charge < -0.3 is 19.2 Å². The average Bonchev–Trinajstić information content (AvgIpc) is 3.11. The van der Waals surface area contributed by atoms with Gasteiger partial charge in [-0.05, 0) is 76.5 Å². The normalized spacial score (nSPS) is 19.6. The predicted octanol–water partition coefficient (Wildman–Crippen LogP) is 8.80. The van der Waals surface area contributed by atoms with E-state index in [0.717, 1.165) is 18.2 Å². The van der Waals surface area contributed by atoms with Gasteiger partial charge in [0.25, 0.3) is 5.92 Å². The van der Waals surface area contributed by atoms with Gasteiger partial charge in [0.2, 0.25) is 0 Å². The summed E-state index contributed by atoms with van der Waals surface area (Å²) in [6.45, 7) is 16.5. The van der Waals surface area contributed by atoms with E-state index in [1.807, 2.05) is 33.9 Å². The largest absolute Gasteiger partial charge is 0.444 e. The number of alkyl carbamates (subject to hydrolysis) is 1. The van der Waals surface area contributed by atoms with Crippen LogP contribution in [0.15, 0.2) is 30.3 Å². The number of hydrogen-bond acceptors (Lipinski definition) is 4. The molecular weight excluding hydrogens is 573 g/mol. The first-order chi connectivity index (χ1) is 18.9. The van der Waals surface area contributed by atoms with Gasteiger partial charge in [0.15, 0.2) is 8.32 Å². The van der Waals surface area contributed by atoms with E-state index in [2.05, 4.69) is 5.32 Å². The Kier molecular flexibility index (Phi) is 9.07. The molecule has 0 bridgehead atoms. The second-order valence-electron chi connectivity index (χ2n) is 14.0. The fourth-order valence-corrected chi connectivity index (χ4v) is 6.49. The highest BCUT2D eigenvalue weighted by molar-refractivity contribution is 6.74. The Balaban J connectivity index is 2.28. The van der Waals surface area contributed by atoms with E-state index in [9.17, 15) is 18.0 Å². The van der Waals surface area contributed by atoms with Crippen molar-refractivity contribution in [3.63, 3.8) is 0 Å². The highest BCUT2D eigenvalue weighted by Crippen LogP contribution is 2.49. The summed E-state index contributed by atoms with van der Waals surface area (Å²) in [7, 11) is -2.54. The molecule has 0 aliphatic carbocycles. The molecule has 1 heterocycles. The van der Waals surface area contributed by atoms with E-state index in [0.29, 0.717) is 0 Å². The van der Waals surface area contributed by atoms with Crippen molar-refractivity contribution < 1.29 is 40.6 Å². The summed E-state index contributed by atoms with van der Waals surface area (Å²) in [5.41, 5.74) is -5.30. The van der Waals surface area contributed by atoms with Gasteiger partial charge in [-0.3, -0.25) is 0 Å². The number of amides is 1. The molecule has 11 heteroatoms. The summed E-state index contributed by atoms with van der Waals surface area (Å²) in [4.78, 5) is 12.5. The molecule has 1 amide bonds. The Morgan fingerprint density at radius 3 is 2.02 bits per heavy atom. The monoisotopic (exact) mass is 615 g/mol. The molecule has 2 aromatic carbocycles. The molecule has 1 aliphatic rings. The van der Waals surface area contributed by atoms with Crippen LogP contribution < -0.4 is 5.32 Å². The lowest BCUT2D eigenvalue weighted by atomic mass is 9.82. The molecule has 1 fully saturated rings. The van der Waals surface area contributed by atoms with Crippen LogP contribution in [-0.2, 0) is 25.1 Å². The zero-order chi connectivity index (χ0) is 32.1. The van der Waals surface area contributed by atoms with E-state index in [1.54, 1.807) is 34.6 Å². The van der Waals surface area contributed by atoms with E-state index < -0.39 is 79.7 Å². The number of benzene rings is 2. The highest BCUT2D eigenvalue weighted by atomic mass is 28.4. The fraction of sp³-hybridized carbons (Fsp3) is 0.581. The summed E-state index contributed by atoms with van der Waals surface area (Å²) in [6, 6.07) is 5.68. The Bertz CT molecular complexity index is 1320. The van der Waals surface area contributed by atoms with Crippen LogP contribution in [0.3, 0.4) is 0 Å². The van der Waals surface area contributed by atoms with Crippen LogP contribution >= 0.6 is 0 Å². The number of carbonyl (C=O) groups is 1. The SMILES string of the molecule is CC(C)(C)OC(=O)NCC1(c2cc(C(C)(C)O[Si](C)(C)C(C)(C)C)c(F)c(-c3ccc(F)cc3)c2F)CC(F)(F)CO1.